The van der Waals surface area contributed by atoms with E-state index in [1.54, 1.807) is 24.3 Å². The molecule has 5 heteroatoms. The van der Waals surface area contributed by atoms with Crippen LogP contribution in [0.3, 0.4) is 0 Å². The summed E-state index contributed by atoms with van der Waals surface area (Å²) in [4.78, 5) is 1.53. The molecule has 1 saturated carbocycles. The minimum Gasteiger partial charge on any atom is -0.399 e. The maximum atomic E-state index is 12.6. The van der Waals surface area contributed by atoms with Crippen molar-refractivity contribution in [3.63, 3.8) is 0 Å². The van der Waals surface area contributed by atoms with E-state index in [2.05, 4.69) is 0 Å². The van der Waals surface area contributed by atoms with Gasteiger partial charge in [-0.25, -0.2) is 0 Å². The molecule has 0 aromatic heterocycles. The molecule has 18 heavy (non-hydrogen) atoms. The number of benzene rings is 1. The molecule has 0 radical (unpaired) electrons. The van der Waals surface area contributed by atoms with Crippen LogP contribution >= 0.6 is 0 Å². The fourth-order valence-electron chi connectivity index (χ4n) is 2.16. The maximum absolute atomic E-state index is 12.6. The number of hydrogen-bond acceptors (Lipinski definition) is 2. The van der Waals surface area contributed by atoms with Gasteiger partial charge >= 0.3 is 6.18 Å². The molecule has 1 aromatic rings. The van der Waals surface area contributed by atoms with Crippen LogP contribution in [-0.2, 0) is 0 Å². The molecule has 0 spiro atoms. The van der Waals surface area contributed by atoms with Crippen LogP contribution in [0.5, 0.6) is 0 Å². The molecule has 2 rings (SSSR count). The van der Waals surface area contributed by atoms with Gasteiger partial charge in [0.25, 0.3) is 0 Å². The number of nitrogens with zero attached hydrogens (tertiary/aromatic N) is 1. The van der Waals surface area contributed by atoms with Crippen molar-refractivity contribution in [3.8, 4) is 0 Å². The van der Waals surface area contributed by atoms with Gasteiger partial charge in [0.1, 0.15) is 0 Å². The highest BCUT2D eigenvalue weighted by Gasteiger charge is 2.40. The molecule has 1 aromatic carbocycles. The number of hydrogen-bond donors (Lipinski definition) is 1. The fraction of sp³-hybridized carbons (Fsp3) is 0.538. The van der Waals surface area contributed by atoms with Crippen LogP contribution in [0.25, 0.3) is 0 Å². The van der Waals surface area contributed by atoms with E-state index in [9.17, 15) is 13.2 Å². The minimum absolute atomic E-state index is 0.0687. The van der Waals surface area contributed by atoms with Crippen LogP contribution in [0.1, 0.15) is 31.4 Å². The standard InChI is InChI=1S/C13H17F3N2/c1-9(10-2-4-11(17)5-3-10)18(12-6-7-12)8-13(14,15)16/h2-5,9,12H,6-8,17H2,1H3. The largest absolute Gasteiger partial charge is 0.401 e. The molecular formula is C13H17F3N2. The molecule has 0 heterocycles. The third-order valence-electron chi connectivity index (χ3n) is 3.29. The summed E-state index contributed by atoms with van der Waals surface area (Å²) >= 11 is 0. The van der Waals surface area contributed by atoms with Gasteiger partial charge in [0.15, 0.2) is 0 Å². The van der Waals surface area contributed by atoms with E-state index in [4.69, 9.17) is 5.73 Å². The Morgan fingerprint density at radius 1 is 1.28 bits per heavy atom. The summed E-state index contributed by atoms with van der Waals surface area (Å²) in [6.07, 6.45) is -2.44. The van der Waals surface area contributed by atoms with Gasteiger partial charge in [-0.3, -0.25) is 4.90 Å². The van der Waals surface area contributed by atoms with Crippen molar-refractivity contribution in [2.45, 2.75) is 38.0 Å². The smallest absolute Gasteiger partial charge is 0.399 e. The van der Waals surface area contributed by atoms with Gasteiger partial charge in [0.05, 0.1) is 6.54 Å². The highest BCUT2D eigenvalue weighted by atomic mass is 19.4. The first-order valence-electron chi connectivity index (χ1n) is 6.05. The third-order valence-corrected chi connectivity index (χ3v) is 3.29. The molecule has 0 saturated heterocycles. The molecule has 0 bridgehead atoms. The van der Waals surface area contributed by atoms with Crippen LogP contribution < -0.4 is 5.73 Å². The van der Waals surface area contributed by atoms with E-state index >= 15 is 0 Å². The summed E-state index contributed by atoms with van der Waals surface area (Å²) in [6, 6.07) is 6.88. The Labute approximate surface area is 105 Å². The van der Waals surface area contributed by atoms with Crippen LogP contribution in [0.2, 0.25) is 0 Å². The average molecular weight is 258 g/mol. The second kappa shape index (κ2) is 4.80. The molecule has 0 aliphatic heterocycles. The lowest BCUT2D eigenvalue weighted by atomic mass is 10.1. The number of halogens is 3. The Bertz CT molecular complexity index is 396. The van der Waals surface area contributed by atoms with Gasteiger partial charge in [0.2, 0.25) is 0 Å². The lowest BCUT2D eigenvalue weighted by molar-refractivity contribution is -0.152. The van der Waals surface area contributed by atoms with Crippen LogP contribution in [0.15, 0.2) is 24.3 Å². The molecule has 1 atom stereocenters. The molecule has 2 N–H and O–H groups in total. The Morgan fingerprint density at radius 2 is 1.83 bits per heavy atom. The predicted octanol–water partition coefficient (Wildman–Crippen LogP) is 3.36. The summed E-state index contributed by atoms with van der Waals surface area (Å²) < 4.78 is 37.7. The van der Waals surface area contributed by atoms with Crippen molar-refractivity contribution in [3.05, 3.63) is 29.8 Å². The first-order chi connectivity index (χ1) is 8.37. The fourth-order valence-corrected chi connectivity index (χ4v) is 2.16. The van der Waals surface area contributed by atoms with Crippen LogP contribution in [-0.4, -0.2) is 23.7 Å². The quantitative estimate of drug-likeness (QED) is 0.839. The van der Waals surface area contributed by atoms with E-state index in [1.165, 1.54) is 4.90 Å². The second-order valence-corrected chi connectivity index (χ2v) is 4.86. The molecule has 0 amide bonds. The van der Waals surface area contributed by atoms with E-state index in [-0.39, 0.29) is 12.1 Å². The molecule has 1 aliphatic rings. The second-order valence-electron chi connectivity index (χ2n) is 4.86. The number of nitrogens with two attached hydrogens (primary N) is 1. The highest BCUT2D eigenvalue weighted by Crippen LogP contribution is 2.36. The Kier molecular flexibility index (Phi) is 3.52. The zero-order valence-electron chi connectivity index (χ0n) is 10.2. The minimum atomic E-state index is -4.15. The Hall–Kier alpha value is -1.23. The average Bonchev–Trinajstić information content (AvgIpc) is 3.08. The molecule has 100 valence electrons. The number of rotatable bonds is 4. The summed E-state index contributed by atoms with van der Waals surface area (Å²) in [6.45, 7) is 0.971. The molecule has 1 unspecified atom stereocenters. The molecule has 2 nitrogen and oxygen atoms in total. The Balaban J connectivity index is 2.12. The van der Waals surface area contributed by atoms with E-state index in [0.29, 0.717) is 5.69 Å². The lowest BCUT2D eigenvalue weighted by Crippen LogP contribution is -2.37. The number of anilines is 1. The van der Waals surface area contributed by atoms with Crippen molar-refractivity contribution >= 4 is 5.69 Å². The van der Waals surface area contributed by atoms with Gasteiger partial charge in [-0.2, -0.15) is 13.2 Å². The highest BCUT2D eigenvalue weighted by molar-refractivity contribution is 5.40. The van der Waals surface area contributed by atoms with Gasteiger partial charge in [-0.05, 0) is 37.5 Å². The summed E-state index contributed by atoms with van der Waals surface area (Å²) in [5, 5.41) is 0. The summed E-state index contributed by atoms with van der Waals surface area (Å²) in [5.74, 6) is 0. The summed E-state index contributed by atoms with van der Waals surface area (Å²) in [7, 11) is 0. The van der Waals surface area contributed by atoms with E-state index in [1.807, 2.05) is 6.92 Å². The van der Waals surface area contributed by atoms with Crippen molar-refractivity contribution in [2.24, 2.45) is 0 Å². The SMILES string of the molecule is CC(c1ccc(N)cc1)N(CC(F)(F)F)C1CC1. The van der Waals surface area contributed by atoms with Crippen molar-refractivity contribution in [1.29, 1.82) is 0 Å². The Morgan fingerprint density at radius 3 is 2.28 bits per heavy atom. The molecule has 1 fully saturated rings. The van der Waals surface area contributed by atoms with E-state index < -0.39 is 12.7 Å². The van der Waals surface area contributed by atoms with Gasteiger partial charge in [-0.15, -0.1) is 0 Å². The maximum Gasteiger partial charge on any atom is 0.401 e. The predicted molar refractivity (Wildman–Crippen MR) is 65.1 cm³/mol. The zero-order chi connectivity index (χ0) is 13.3. The normalized spacial score (nSPS) is 18.1. The van der Waals surface area contributed by atoms with Crippen LogP contribution in [0, 0.1) is 0 Å². The molecule has 1 aliphatic carbocycles. The third kappa shape index (κ3) is 3.38. The topological polar surface area (TPSA) is 29.3 Å². The van der Waals surface area contributed by atoms with Crippen molar-refractivity contribution in [1.82, 2.24) is 4.90 Å². The number of alkyl halides is 3. The summed E-state index contributed by atoms with van der Waals surface area (Å²) in [5.41, 5.74) is 7.08. The monoisotopic (exact) mass is 258 g/mol. The van der Waals surface area contributed by atoms with Crippen molar-refractivity contribution in [2.75, 3.05) is 12.3 Å². The van der Waals surface area contributed by atoms with Gasteiger partial charge < -0.3 is 5.73 Å². The van der Waals surface area contributed by atoms with Gasteiger partial charge in [0, 0.05) is 17.8 Å². The first kappa shape index (κ1) is 13.2. The molecular weight excluding hydrogens is 241 g/mol. The van der Waals surface area contributed by atoms with Gasteiger partial charge in [-0.1, -0.05) is 12.1 Å². The lowest BCUT2D eigenvalue weighted by Gasteiger charge is -2.30. The zero-order valence-corrected chi connectivity index (χ0v) is 10.2. The van der Waals surface area contributed by atoms with Crippen molar-refractivity contribution < 1.29 is 13.2 Å². The number of nitrogen functional groups attached to an aromatic ring is 1. The van der Waals surface area contributed by atoms with Crippen LogP contribution in [0.4, 0.5) is 18.9 Å². The van der Waals surface area contributed by atoms with E-state index in [0.717, 1.165) is 18.4 Å². The first-order valence-corrected chi connectivity index (χ1v) is 6.05.